The SMILES string of the molecule is CCCC(C)N(C)c1ccc2c(C(=O)O)cccc2n1. The molecule has 0 saturated carbocycles. The molecule has 0 saturated heterocycles. The highest BCUT2D eigenvalue weighted by atomic mass is 16.4. The van der Waals surface area contributed by atoms with Crippen LogP contribution in [0.15, 0.2) is 30.3 Å². The van der Waals surface area contributed by atoms with Gasteiger partial charge in [0.15, 0.2) is 0 Å². The smallest absolute Gasteiger partial charge is 0.336 e. The Morgan fingerprint density at radius 2 is 2.10 bits per heavy atom. The lowest BCUT2D eigenvalue weighted by molar-refractivity contribution is 0.0699. The van der Waals surface area contributed by atoms with Crippen LogP contribution >= 0.6 is 0 Å². The van der Waals surface area contributed by atoms with Crippen LogP contribution in [-0.4, -0.2) is 29.1 Å². The van der Waals surface area contributed by atoms with Gasteiger partial charge in [0.2, 0.25) is 0 Å². The third-order valence-electron chi connectivity index (χ3n) is 3.68. The molecule has 1 heterocycles. The minimum atomic E-state index is -0.919. The van der Waals surface area contributed by atoms with Gasteiger partial charge in [-0.2, -0.15) is 0 Å². The van der Waals surface area contributed by atoms with E-state index in [4.69, 9.17) is 0 Å². The second-order valence-corrected chi connectivity index (χ2v) is 5.10. The Bertz CT molecular complexity index is 625. The lowest BCUT2D eigenvalue weighted by Gasteiger charge is -2.26. The summed E-state index contributed by atoms with van der Waals surface area (Å²) in [5.74, 6) is -0.0427. The van der Waals surface area contributed by atoms with Crippen LogP contribution < -0.4 is 4.90 Å². The summed E-state index contributed by atoms with van der Waals surface area (Å²) in [4.78, 5) is 17.9. The lowest BCUT2D eigenvalue weighted by Crippen LogP contribution is -2.29. The molecule has 0 bridgehead atoms. The normalized spacial score (nSPS) is 12.3. The van der Waals surface area contributed by atoms with Crippen molar-refractivity contribution in [3.05, 3.63) is 35.9 Å². The van der Waals surface area contributed by atoms with Crippen molar-refractivity contribution < 1.29 is 9.90 Å². The average Bonchev–Trinajstić information content (AvgIpc) is 2.45. The first kappa shape index (κ1) is 14.3. The molecule has 0 spiro atoms. The Kier molecular flexibility index (Phi) is 4.23. The summed E-state index contributed by atoms with van der Waals surface area (Å²) in [5.41, 5.74) is 1.02. The highest BCUT2D eigenvalue weighted by molar-refractivity contribution is 6.02. The summed E-state index contributed by atoms with van der Waals surface area (Å²) < 4.78 is 0. The summed E-state index contributed by atoms with van der Waals surface area (Å²) in [6.45, 7) is 4.33. The minimum Gasteiger partial charge on any atom is -0.478 e. The molecule has 1 unspecified atom stereocenters. The zero-order valence-electron chi connectivity index (χ0n) is 12.1. The molecular formula is C16H20N2O2. The van der Waals surface area contributed by atoms with Crippen molar-refractivity contribution in [3.63, 3.8) is 0 Å². The molecule has 2 rings (SSSR count). The van der Waals surface area contributed by atoms with Gasteiger partial charge in [0, 0.05) is 18.5 Å². The number of rotatable bonds is 5. The molecule has 2 aromatic rings. The molecule has 1 N–H and O–H groups in total. The number of carboxylic acids is 1. The predicted molar refractivity (Wildman–Crippen MR) is 81.5 cm³/mol. The minimum absolute atomic E-state index is 0.297. The zero-order chi connectivity index (χ0) is 14.7. The van der Waals surface area contributed by atoms with Gasteiger partial charge in [0.1, 0.15) is 5.82 Å². The summed E-state index contributed by atoms with van der Waals surface area (Å²) >= 11 is 0. The van der Waals surface area contributed by atoms with Crippen molar-refractivity contribution in [1.29, 1.82) is 0 Å². The fourth-order valence-corrected chi connectivity index (χ4v) is 2.36. The second kappa shape index (κ2) is 5.90. The van der Waals surface area contributed by atoms with Crippen LogP contribution in [0.1, 0.15) is 37.0 Å². The number of hydrogen-bond donors (Lipinski definition) is 1. The first-order valence-electron chi connectivity index (χ1n) is 6.90. The van der Waals surface area contributed by atoms with Gasteiger partial charge in [-0.1, -0.05) is 19.4 Å². The van der Waals surface area contributed by atoms with Crippen LogP contribution in [0.25, 0.3) is 10.9 Å². The monoisotopic (exact) mass is 272 g/mol. The number of carboxylic acid groups (broad SMARTS) is 1. The fourth-order valence-electron chi connectivity index (χ4n) is 2.36. The zero-order valence-corrected chi connectivity index (χ0v) is 12.1. The average molecular weight is 272 g/mol. The molecule has 1 atom stereocenters. The Hall–Kier alpha value is -2.10. The van der Waals surface area contributed by atoms with Crippen molar-refractivity contribution in [2.24, 2.45) is 0 Å². The van der Waals surface area contributed by atoms with E-state index in [0.29, 0.717) is 17.0 Å². The molecule has 20 heavy (non-hydrogen) atoms. The molecule has 0 aliphatic rings. The number of aromatic carboxylic acids is 1. The fraction of sp³-hybridized carbons (Fsp3) is 0.375. The largest absolute Gasteiger partial charge is 0.478 e. The van der Waals surface area contributed by atoms with Gasteiger partial charge in [-0.3, -0.25) is 0 Å². The second-order valence-electron chi connectivity index (χ2n) is 5.10. The van der Waals surface area contributed by atoms with Crippen LogP contribution in [0.2, 0.25) is 0 Å². The van der Waals surface area contributed by atoms with E-state index < -0.39 is 5.97 Å². The molecule has 0 aliphatic carbocycles. The Balaban J connectivity index is 2.42. The topological polar surface area (TPSA) is 53.4 Å². The standard InChI is InChI=1S/C16H20N2O2/c1-4-6-11(2)18(3)15-10-9-12-13(16(19)20)7-5-8-14(12)17-15/h5,7-11H,4,6H2,1-3H3,(H,19,20). The Labute approximate surface area is 119 Å². The number of aromatic nitrogens is 1. The molecule has 1 aromatic heterocycles. The van der Waals surface area contributed by atoms with Gasteiger partial charge in [-0.05, 0) is 37.6 Å². The summed E-state index contributed by atoms with van der Waals surface area (Å²) in [6.07, 6.45) is 2.23. The van der Waals surface area contributed by atoms with E-state index in [1.54, 1.807) is 12.1 Å². The number of benzene rings is 1. The van der Waals surface area contributed by atoms with Gasteiger partial charge in [0.25, 0.3) is 0 Å². The number of nitrogens with zero attached hydrogens (tertiary/aromatic N) is 2. The summed E-state index contributed by atoms with van der Waals surface area (Å²) in [7, 11) is 2.02. The third-order valence-corrected chi connectivity index (χ3v) is 3.68. The van der Waals surface area contributed by atoms with E-state index in [2.05, 4.69) is 23.7 Å². The van der Waals surface area contributed by atoms with Crippen LogP contribution in [0.5, 0.6) is 0 Å². The van der Waals surface area contributed by atoms with Gasteiger partial charge in [-0.25, -0.2) is 9.78 Å². The van der Waals surface area contributed by atoms with Gasteiger partial charge >= 0.3 is 5.97 Å². The molecule has 0 amide bonds. The number of fused-ring (bicyclic) bond motifs is 1. The van der Waals surface area contributed by atoms with Gasteiger partial charge < -0.3 is 10.0 Å². The van der Waals surface area contributed by atoms with Crippen LogP contribution in [-0.2, 0) is 0 Å². The van der Waals surface area contributed by atoms with Crippen LogP contribution in [0.4, 0.5) is 5.82 Å². The molecule has 0 radical (unpaired) electrons. The van der Waals surface area contributed by atoms with E-state index >= 15 is 0 Å². The quantitative estimate of drug-likeness (QED) is 0.904. The van der Waals surface area contributed by atoms with Crippen molar-refractivity contribution >= 4 is 22.7 Å². The first-order chi connectivity index (χ1) is 9.54. The highest BCUT2D eigenvalue weighted by Crippen LogP contribution is 2.22. The number of anilines is 1. The molecule has 1 aromatic carbocycles. The van der Waals surface area contributed by atoms with E-state index in [1.807, 2.05) is 25.2 Å². The van der Waals surface area contributed by atoms with E-state index in [9.17, 15) is 9.90 Å². The van der Waals surface area contributed by atoms with Gasteiger partial charge in [-0.15, -0.1) is 0 Å². The predicted octanol–water partition coefficient (Wildman–Crippen LogP) is 3.56. The first-order valence-corrected chi connectivity index (χ1v) is 6.90. The van der Waals surface area contributed by atoms with Crippen molar-refractivity contribution in [2.45, 2.75) is 32.7 Å². The van der Waals surface area contributed by atoms with Crippen molar-refractivity contribution in [1.82, 2.24) is 4.98 Å². The third kappa shape index (κ3) is 2.74. The van der Waals surface area contributed by atoms with Crippen LogP contribution in [0, 0.1) is 0 Å². The number of pyridine rings is 1. The van der Waals surface area contributed by atoms with Crippen LogP contribution in [0.3, 0.4) is 0 Å². The van der Waals surface area contributed by atoms with Crippen molar-refractivity contribution in [2.75, 3.05) is 11.9 Å². The van der Waals surface area contributed by atoms with E-state index in [-0.39, 0.29) is 0 Å². The maximum absolute atomic E-state index is 11.2. The Morgan fingerprint density at radius 1 is 1.35 bits per heavy atom. The van der Waals surface area contributed by atoms with E-state index in [1.165, 1.54) is 0 Å². The highest BCUT2D eigenvalue weighted by Gasteiger charge is 2.13. The summed E-state index contributed by atoms with van der Waals surface area (Å²) in [5, 5.41) is 9.86. The Morgan fingerprint density at radius 3 is 2.75 bits per heavy atom. The number of hydrogen-bond acceptors (Lipinski definition) is 3. The van der Waals surface area contributed by atoms with Crippen molar-refractivity contribution in [3.8, 4) is 0 Å². The number of carbonyl (C=O) groups is 1. The lowest BCUT2D eigenvalue weighted by atomic mass is 10.1. The van der Waals surface area contributed by atoms with E-state index in [0.717, 1.165) is 24.2 Å². The molecule has 4 nitrogen and oxygen atoms in total. The summed E-state index contributed by atoms with van der Waals surface area (Å²) in [6, 6.07) is 9.33. The van der Waals surface area contributed by atoms with Gasteiger partial charge in [0.05, 0.1) is 11.1 Å². The maximum atomic E-state index is 11.2. The maximum Gasteiger partial charge on any atom is 0.336 e. The molecule has 0 fully saturated rings. The molecule has 0 aliphatic heterocycles. The molecule has 4 heteroatoms. The molecular weight excluding hydrogens is 252 g/mol. The molecule has 106 valence electrons.